The highest BCUT2D eigenvalue weighted by Crippen LogP contribution is 2.23. The molecule has 3 aromatic rings. The number of hydrogen-bond acceptors (Lipinski definition) is 5. The van der Waals surface area contributed by atoms with Gasteiger partial charge in [0.05, 0.1) is 36.2 Å². The number of aromatic amines is 1. The van der Waals surface area contributed by atoms with E-state index in [9.17, 15) is 4.79 Å². The Balaban J connectivity index is 1.55. The normalized spacial score (nSPS) is 10.8. The number of nitrogens with zero attached hydrogens (tertiary/aromatic N) is 1. The third-order valence-corrected chi connectivity index (χ3v) is 4.00. The number of aromatic nitrogens is 2. The van der Waals surface area contributed by atoms with Crippen LogP contribution in [0, 0.1) is 0 Å². The van der Waals surface area contributed by atoms with Crippen LogP contribution in [-0.2, 0) is 11.3 Å². The van der Waals surface area contributed by atoms with Crippen molar-refractivity contribution in [1.82, 2.24) is 15.3 Å². The average Bonchev–Trinajstić information content (AvgIpc) is 3.20. The minimum atomic E-state index is -0.0677. The van der Waals surface area contributed by atoms with Gasteiger partial charge in [0.25, 0.3) is 0 Å². The van der Waals surface area contributed by atoms with E-state index in [0.29, 0.717) is 24.1 Å². The zero-order valence-electron chi connectivity index (χ0n) is 12.7. The number of fused-ring (bicyclic) bond motifs is 1. The summed E-state index contributed by atoms with van der Waals surface area (Å²) in [6.07, 6.45) is 1.58. The summed E-state index contributed by atoms with van der Waals surface area (Å²) in [6, 6.07) is 9.31. The van der Waals surface area contributed by atoms with Crippen LogP contribution in [0.1, 0.15) is 12.7 Å². The lowest BCUT2D eigenvalue weighted by Gasteiger charge is -2.01. The van der Waals surface area contributed by atoms with Crippen molar-refractivity contribution in [3.05, 3.63) is 42.4 Å². The van der Waals surface area contributed by atoms with Gasteiger partial charge in [-0.15, -0.1) is 0 Å². The molecule has 6 nitrogen and oxygen atoms in total. The molecule has 2 aromatic heterocycles. The number of furan rings is 1. The summed E-state index contributed by atoms with van der Waals surface area (Å²) in [7, 11) is 0. The lowest BCUT2D eigenvalue weighted by atomic mass is 10.3. The lowest BCUT2D eigenvalue weighted by molar-refractivity contribution is -0.118. The molecule has 0 fully saturated rings. The van der Waals surface area contributed by atoms with Crippen molar-refractivity contribution in [2.75, 3.05) is 12.4 Å². The minimum absolute atomic E-state index is 0.0677. The molecule has 0 saturated carbocycles. The molecule has 120 valence electrons. The second kappa shape index (κ2) is 7.23. The van der Waals surface area contributed by atoms with Gasteiger partial charge < -0.3 is 19.5 Å². The number of amides is 1. The summed E-state index contributed by atoms with van der Waals surface area (Å²) in [5.74, 6) is 1.76. The summed E-state index contributed by atoms with van der Waals surface area (Å²) < 4.78 is 10.6. The van der Waals surface area contributed by atoms with Crippen molar-refractivity contribution in [2.45, 2.75) is 18.6 Å². The fourth-order valence-corrected chi connectivity index (χ4v) is 2.79. The Hall–Kier alpha value is -2.41. The van der Waals surface area contributed by atoms with Gasteiger partial charge in [-0.05, 0) is 31.2 Å². The zero-order chi connectivity index (χ0) is 16.1. The van der Waals surface area contributed by atoms with E-state index in [1.165, 1.54) is 11.8 Å². The molecule has 0 aliphatic carbocycles. The van der Waals surface area contributed by atoms with Crippen molar-refractivity contribution in [3.8, 4) is 5.75 Å². The highest BCUT2D eigenvalue weighted by molar-refractivity contribution is 7.99. The fourth-order valence-electron chi connectivity index (χ4n) is 2.07. The molecule has 7 heteroatoms. The number of rotatable bonds is 7. The van der Waals surface area contributed by atoms with Gasteiger partial charge in [0.15, 0.2) is 5.16 Å². The molecule has 0 aliphatic heterocycles. The number of nitrogens with one attached hydrogen (secondary N) is 2. The summed E-state index contributed by atoms with van der Waals surface area (Å²) in [6.45, 7) is 2.96. The predicted octanol–water partition coefficient (Wildman–Crippen LogP) is 2.96. The monoisotopic (exact) mass is 331 g/mol. The standard InChI is InChI=1S/C16H17N3O3S/c1-2-21-11-5-6-13-14(8-11)19-16(18-13)23-10-15(20)17-9-12-4-3-7-22-12/h3-8H,2,9-10H2,1H3,(H,17,20)(H,18,19). The van der Waals surface area contributed by atoms with Gasteiger partial charge in [-0.1, -0.05) is 11.8 Å². The van der Waals surface area contributed by atoms with E-state index < -0.39 is 0 Å². The van der Waals surface area contributed by atoms with Gasteiger partial charge in [0, 0.05) is 6.07 Å². The molecule has 2 heterocycles. The summed E-state index contributed by atoms with van der Waals surface area (Å²) >= 11 is 1.36. The first-order chi connectivity index (χ1) is 11.2. The van der Waals surface area contributed by atoms with Gasteiger partial charge in [0.2, 0.25) is 5.91 Å². The second-order valence-corrected chi connectivity index (χ2v) is 5.76. The summed E-state index contributed by atoms with van der Waals surface area (Å²) in [5.41, 5.74) is 1.75. The van der Waals surface area contributed by atoms with E-state index in [0.717, 1.165) is 22.5 Å². The molecular formula is C16H17N3O3S. The van der Waals surface area contributed by atoms with Crippen LogP contribution in [0.15, 0.2) is 46.2 Å². The van der Waals surface area contributed by atoms with Crippen LogP contribution in [0.4, 0.5) is 0 Å². The quantitative estimate of drug-likeness (QED) is 0.651. The summed E-state index contributed by atoms with van der Waals surface area (Å²) in [5, 5.41) is 3.51. The van der Waals surface area contributed by atoms with E-state index in [-0.39, 0.29) is 5.91 Å². The molecule has 0 radical (unpaired) electrons. The largest absolute Gasteiger partial charge is 0.494 e. The van der Waals surface area contributed by atoms with E-state index in [1.54, 1.807) is 12.3 Å². The minimum Gasteiger partial charge on any atom is -0.494 e. The molecule has 0 bridgehead atoms. The maximum Gasteiger partial charge on any atom is 0.230 e. The molecule has 2 N–H and O–H groups in total. The van der Waals surface area contributed by atoms with Crippen LogP contribution in [0.5, 0.6) is 5.75 Å². The van der Waals surface area contributed by atoms with Crippen LogP contribution < -0.4 is 10.1 Å². The second-order valence-electron chi connectivity index (χ2n) is 4.80. The van der Waals surface area contributed by atoms with Gasteiger partial charge in [-0.2, -0.15) is 0 Å². The Bertz CT molecular complexity index is 783. The molecule has 0 spiro atoms. The number of imidazole rings is 1. The van der Waals surface area contributed by atoms with Crippen LogP contribution in [0.3, 0.4) is 0 Å². The van der Waals surface area contributed by atoms with Gasteiger partial charge in [-0.3, -0.25) is 4.79 Å². The smallest absolute Gasteiger partial charge is 0.230 e. The third-order valence-electron chi connectivity index (χ3n) is 3.12. The van der Waals surface area contributed by atoms with E-state index >= 15 is 0 Å². The van der Waals surface area contributed by atoms with Crippen LogP contribution in [0.25, 0.3) is 11.0 Å². The van der Waals surface area contributed by atoms with E-state index in [4.69, 9.17) is 9.15 Å². The maximum atomic E-state index is 11.8. The Morgan fingerprint density at radius 1 is 1.43 bits per heavy atom. The van der Waals surface area contributed by atoms with Gasteiger partial charge >= 0.3 is 0 Å². The SMILES string of the molecule is CCOc1ccc2nc(SCC(=O)NCc3ccco3)[nH]c2c1. The molecular weight excluding hydrogens is 314 g/mol. The van der Waals surface area contributed by atoms with E-state index in [1.807, 2.05) is 31.2 Å². The number of H-pyrrole nitrogens is 1. The van der Waals surface area contributed by atoms with E-state index in [2.05, 4.69) is 15.3 Å². The lowest BCUT2D eigenvalue weighted by Crippen LogP contribution is -2.24. The zero-order valence-corrected chi connectivity index (χ0v) is 13.5. The molecule has 0 atom stereocenters. The highest BCUT2D eigenvalue weighted by atomic mass is 32.2. The van der Waals surface area contributed by atoms with Crippen LogP contribution in [-0.4, -0.2) is 28.2 Å². The average molecular weight is 331 g/mol. The van der Waals surface area contributed by atoms with Gasteiger partial charge in [-0.25, -0.2) is 4.98 Å². The topological polar surface area (TPSA) is 80.2 Å². The van der Waals surface area contributed by atoms with Crippen molar-refractivity contribution in [3.63, 3.8) is 0 Å². The van der Waals surface area contributed by atoms with Crippen molar-refractivity contribution < 1.29 is 13.9 Å². The fraction of sp³-hybridized carbons (Fsp3) is 0.250. The molecule has 1 amide bonds. The molecule has 0 unspecified atom stereocenters. The highest BCUT2D eigenvalue weighted by Gasteiger charge is 2.08. The number of carbonyl (C=O) groups excluding carboxylic acids is 1. The molecule has 1 aromatic carbocycles. The first-order valence-corrected chi connectivity index (χ1v) is 8.27. The van der Waals surface area contributed by atoms with Gasteiger partial charge in [0.1, 0.15) is 11.5 Å². The first-order valence-electron chi connectivity index (χ1n) is 7.29. The number of carbonyl (C=O) groups is 1. The number of ether oxygens (including phenoxy) is 1. The molecule has 0 saturated heterocycles. The Kier molecular flexibility index (Phi) is 4.87. The predicted molar refractivity (Wildman–Crippen MR) is 88.5 cm³/mol. The Morgan fingerprint density at radius 3 is 3.13 bits per heavy atom. The van der Waals surface area contributed by atoms with Crippen LogP contribution in [0.2, 0.25) is 0 Å². The van der Waals surface area contributed by atoms with Crippen molar-refractivity contribution in [1.29, 1.82) is 0 Å². The maximum absolute atomic E-state index is 11.8. The van der Waals surface area contributed by atoms with Crippen LogP contribution >= 0.6 is 11.8 Å². The Morgan fingerprint density at radius 2 is 2.35 bits per heavy atom. The Labute approximate surface area is 137 Å². The first kappa shape index (κ1) is 15.5. The third kappa shape index (κ3) is 4.07. The molecule has 3 rings (SSSR count). The van der Waals surface area contributed by atoms with Crippen molar-refractivity contribution in [2.24, 2.45) is 0 Å². The number of hydrogen-bond donors (Lipinski definition) is 2. The molecule has 23 heavy (non-hydrogen) atoms. The van der Waals surface area contributed by atoms with Crippen molar-refractivity contribution >= 4 is 28.7 Å². The number of benzene rings is 1. The molecule has 0 aliphatic rings. The number of thioether (sulfide) groups is 1. The summed E-state index contributed by atoms with van der Waals surface area (Å²) in [4.78, 5) is 19.5.